The second kappa shape index (κ2) is 29.4. The van der Waals surface area contributed by atoms with Gasteiger partial charge >= 0.3 is 49.1 Å². The third-order valence-electron chi connectivity index (χ3n) is 5.39. The van der Waals surface area contributed by atoms with Gasteiger partial charge in [0.1, 0.15) is 13.2 Å². The Hall–Kier alpha value is 1.37. The zero-order valence-electron chi connectivity index (χ0n) is 19.7. The molecule has 1 radical (unpaired) electrons. The van der Waals surface area contributed by atoms with Gasteiger partial charge in [0.25, 0.3) is 0 Å². The zero-order chi connectivity index (χ0) is 20.5. The molecule has 0 aromatic heterocycles. The van der Waals surface area contributed by atoms with E-state index in [2.05, 4.69) is 13.8 Å². The van der Waals surface area contributed by atoms with E-state index in [9.17, 15) is 4.57 Å². The first kappa shape index (κ1) is 32.5. The summed E-state index contributed by atoms with van der Waals surface area (Å²) in [5.41, 5.74) is 0. The Morgan fingerprint density at radius 1 is 0.448 bits per heavy atom. The molecule has 29 heavy (non-hydrogen) atoms. The molecule has 0 aliphatic rings. The topological polar surface area (TPSA) is 35.5 Å². The summed E-state index contributed by atoms with van der Waals surface area (Å²) in [7, 11) is -1.90. The van der Waals surface area contributed by atoms with Gasteiger partial charge in [-0.1, -0.05) is 129 Å². The molecular weight excluding hydrogens is 511 g/mol. The third kappa shape index (κ3) is 29.4. The van der Waals surface area contributed by atoms with Crippen molar-refractivity contribution >= 4 is 8.25 Å². The Kier molecular flexibility index (Phi) is 33.0. The summed E-state index contributed by atoms with van der Waals surface area (Å²) in [6.07, 6.45) is 26.1. The van der Waals surface area contributed by atoms with E-state index in [1.165, 1.54) is 116 Å². The van der Waals surface area contributed by atoms with Gasteiger partial charge in [0.2, 0.25) is 0 Å². The monoisotopic (exact) mass is 559 g/mol. The predicted molar refractivity (Wildman–Crippen MR) is 123 cm³/mol. The maximum atomic E-state index is 11.7. The fraction of sp³-hybridized carbons (Fsp3) is 1.00. The smallest absolute Gasteiger partial charge is 0.119 e. The number of rotatable bonds is 24. The molecule has 0 aromatic rings. The van der Waals surface area contributed by atoms with Gasteiger partial charge < -0.3 is 0 Å². The standard InChI is InChI=1S/C24H50O3P.Nd/c1-3-5-7-9-11-13-15-17-19-21-23-26-28(25)27-24-22-20-18-16-14-12-10-8-6-4-2;/h3-24H2,1-2H3;/q+1;+3. The van der Waals surface area contributed by atoms with Crippen molar-refractivity contribution in [3.63, 3.8) is 0 Å². The van der Waals surface area contributed by atoms with Crippen LogP contribution in [0.2, 0.25) is 0 Å². The van der Waals surface area contributed by atoms with Crippen molar-refractivity contribution in [3.8, 4) is 0 Å². The van der Waals surface area contributed by atoms with Gasteiger partial charge in [0, 0.05) is 4.57 Å². The molecule has 0 unspecified atom stereocenters. The molecule has 0 spiro atoms. The van der Waals surface area contributed by atoms with Crippen molar-refractivity contribution in [2.75, 3.05) is 13.2 Å². The Labute approximate surface area is 216 Å². The fourth-order valence-electron chi connectivity index (χ4n) is 3.49. The molecule has 0 rings (SSSR count). The average Bonchev–Trinajstić information content (AvgIpc) is 2.70. The Morgan fingerprint density at radius 2 is 0.690 bits per heavy atom. The summed E-state index contributed by atoms with van der Waals surface area (Å²) in [4.78, 5) is 0. The predicted octanol–water partition coefficient (Wildman–Crippen LogP) is 9.52. The van der Waals surface area contributed by atoms with Crippen LogP contribution in [0.3, 0.4) is 0 Å². The molecule has 0 aliphatic carbocycles. The molecule has 0 amide bonds. The average molecular weight is 562 g/mol. The van der Waals surface area contributed by atoms with Crippen LogP contribution in [0.5, 0.6) is 0 Å². The molecule has 0 heterocycles. The van der Waals surface area contributed by atoms with Crippen molar-refractivity contribution < 1.29 is 54.5 Å². The summed E-state index contributed by atoms with van der Waals surface area (Å²) < 4.78 is 22.3. The van der Waals surface area contributed by atoms with Gasteiger partial charge in [-0.3, -0.25) is 0 Å². The van der Waals surface area contributed by atoms with E-state index in [-0.39, 0.29) is 40.8 Å². The minimum Gasteiger partial charge on any atom is -0.119 e. The minimum absolute atomic E-state index is 0. The van der Waals surface area contributed by atoms with Crippen LogP contribution in [0.15, 0.2) is 0 Å². The van der Waals surface area contributed by atoms with Crippen LogP contribution < -0.4 is 0 Å². The largest absolute Gasteiger partial charge is 3.00 e. The zero-order valence-corrected chi connectivity index (χ0v) is 23.8. The molecule has 0 saturated heterocycles. The van der Waals surface area contributed by atoms with Crippen LogP contribution >= 0.6 is 8.25 Å². The Bertz CT molecular complexity index is 289. The van der Waals surface area contributed by atoms with E-state index in [4.69, 9.17) is 9.05 Å². The van der Waals surface area contributed by atoms with Crippen molar-refractivity contribution in [2.45, 2.75) is 142 Å². The van der Waals surface area contributed by atoms with E-state index in [0.29, 0.717) is 13.2 Å². The first-order valence-corrected chi connectivity index (χ1v) is 13.6. The maximum absolute atomic E-state index is 11.7. The first-order chi connectivity index (χ1) is 13.8. The molecule has 0 fully saturated rings. The van der Waals surface area contributed by atoms with Crippen LogP contribution in [0.1, 0.15) is 142 Å². The molecule has 0 aliphatic heterocycles. The molecule has 0 bridgehead atoms. The normalized spacial score (nSPS) is 10.8. The van der Waals surface area contributed by atoms with E-state index in [1.54, 1.807) is 0 Å². The van der Waals surface area contributed by atoms with E-state index >= 15 is 0 Å². The van der Waals surface area contributed by atoms with Crippen LogP contribution in [-0.4, -0.2) is 13.2 Å². The quantitative estimate of drug-likeness (QED) is 0.0869. The van der Waals surface area contributed by atoms with Gasteiger partial charge in [-0.25, -0.2) is 0 Å². The van der Waals surface area contributed by atoms with Crippen molar-refractivity contribution in [1.29, 1.82) is 0 Å². The van der Waals surface area contributed by atoms with Crippen LogP contribution in [0.4, 0.5) is 0 Å². The SMILES string of the molecule is CCCCCCCCCCCCO[P+](=O)OCCCCCCCCCCCC.[Nd+3]. The molecule has 3 nitrogen and oxygen atoms in total. The summed E-state index contributed by atoms with van der Waals surface area (Å²) in [5, 5.41) is 0. The molecule has 0 aromatic carbocycles. The fourth-order valence-corrected chi connectivity index (χ4v) is 4.13. The molecule has 5 heteroatoms. The number of unbranched alkanes of at least 4 members (excludes halogenated alkanes) is 18. The first-order valence-electron chi connectivity index (χ1n) is 12.5. The van der Waals surface area contributed by atoms with E-state index < -0.39 is 8.25 Å². The van der Waals surface area contributed by atoms with Gasteiger partial charge in [0.05, 0.1) is 0 Å². The third-order valence-corrected chi connectivity index (χ3v) is 6.18. The molecule has 0 saturated carbocycles. The Balaban J connectivity index is 0. The van der Waals surface area contributed by atoms with Crippen molar-refractivity contribution in [3.05, 3.63) is 0 Å². The summed E-state index contributed by atoms with van der Waals surface area (Å²) in [6, 6.07) is 0. The number of hydrogen-bond donors (Lipinski definition) is 0. The number of hydrogen-bond acceptors (Lipinski definition) is 3. The second-order valence-corrected chi connectivity index (χ2v) is 9.22. The second-order valence-electron chi connectivity index (χ2n) is 8.25. The molecule has 0 atom stereocenters. The molecule has 0 N–H and O–H groups in total. The van der Waals surface area contributed by atoms with Gasteiger partial charge in [0.15, 0.2) is 0 Å². The maximum Gasteiger partial charge on any atom is 3.00 e. The van der Waals surface area contributed by atoms with Crippen LogP contribution in [0.25, 0.3) is 0 Å². The van der Waals surface area contributed by atoms with Crippen molar-refractivity contribution in [2.24, 2.45) is 0 Å². The summed E-state index contributed by atoms with van der Waals surface area (Å²) >= 11 is 0. The minimum atomic E-state index is -1.90. The van der Waals surface area contributed by atoms with Gasteiger partial charge in [-0.2, -0.15) is 0 Å². The van der Waals surface area contributed by atoms with Crippen LogP contribution in [0, 0.1) is 40.8 Å². The summed E-state index contributed by atoms with van der Waals surface area (Å²) in [5.74, 6) is 0. The molecule has 169 valence electrons. The van der Waals surface area contributed by atoms with Gasteiger partial charge in [-0.05, 0) is 12.8 Å². The van der Waals surface area contributed by atoms with E-state index in [0.717, 1.165) is 12.8 Å². The Morgan fingerprint density at radius 3 is 0.966 bits per heavy atom. The van der Waals surface area contributed by atoms with E-state index in [1.807, 2.05) is 0 Å². The molecular formula is C24H50NdO3P+4. The summed E-state index contributed by atoms with van der Waals surface area (Å²) in [6.45, 7) is 5.67. The van der Waals surface area contributed by atoms with Crippen LogP contribution in [-0.2, 0) is 13.6 Å². The van der Waals surface area contributed by atoms with Crippen molar-refractivity contribution in [1.82, 2.24) is 0 Å². The van der Waals surface area contributed by atoms with Gasteiger partial charge in [-0.15, -0.1) is 9.05 Å².